The molecule has 1 N–H and O–H groups in total. The molecule has 0 saturated carbocycles. The van der Waals surface area contributed by atoms with E-state index in [4.69, 9.17) is 0 Å². The first-order valence-corrected chi connectivity index (χ1v) is 4.74. The number of nitro benzene ring substituents is 1. The zero-order valence-corrected chi connectivity index (χ0v) is 8.71. The predicted octanol–water partition coefficient (Wildman–Crippen LogP) is 2.86. The van der Waals surface area contributed by atoms with Crippen LogP contribution < -0.4 is 5.32 Å². The molecular weight excluding hydrogens is 199 g/mol. The Balaban J connectivity index is 3.14. The number of nitrogens with one attached hydrogen (secondary N) is 1. The Morgan fingerprint density at radius 2 is 2.20 bits per heavy atom. The van der Waals surface area contributed by atoms with Gasteiger partial charge in [0.15, 0.2) is 0 Å². The Bertz CT molecular complexity index is 380. The van der Waals surface area contributed by atoms with Gasteiger partial charge in [0.1, 0.15) is 5.69 Å². The lowest BCUT2D eigenvalue weighted by Gasteiger charge is -2.07. The molecule has 1 rings (SSSR count). The second kappa shape index (κ2) is 4.72. The van der Waals surface area contributed by atoms with Crippen LogP contribution in [0.25, 0.3) is 0 Å². The number of nitrogens with zero attached hydrogens (tertiary/aromatic N) is 1. The van der Waals surface area contributed by atoms with Crippen LogP contribution in [-0.2, 0) is 0 Å². The van der Waals surface area contributed by atoms with Crippen LogP contribution in [0.3, 0.4) is 0 Å². The van der Waals surface area contributed by atoms with Crippen molar-refractivity contribution >= 4 is 11.4 Å². The van der Waals surface area contributed by atoms with Crippen molar-refractivity contribution in [3.05, 3.63) is 33.6 Å². The second-order valence-corrected chi connectivity index (χ2v) is 3.33. The van der Waals surface area contributed by atoms with Crippen molar-refractivity contribution in [1.82, 2.24) is 0 Å². The standard InChI is InChI=1S/C10H13FN2O2/c1-3-4-12-9-6-7(2)5-8(11)10(9)13(14)15/h5-6,12H,3-4H2,1-2H3. The molecule has 0 aromatic heterocycles. The Labute approximate surface area is 87.3 Å². The molecule has 0 unspecified atom stereocenters. The third-order valence-electron chi connectivity index (χ3n) is 1.96. The number of hydrogen-bond acceptors (Lipinski definition) is 3. The van der Waals surface area contributed by atoms with E-state index < -0.39 is 16.4 Å². The van der Waals surface area contributed by atoms with Crippen LogP contribution in [0.1, 0.15) is 18.9 Å². The first-order valence-electron chi connectivity index (χ1n) is 4.74. The van der Waals surface area contributed by atoms with E-state index in [1.54, 1.807) is 13.0 Å². The van der Waals surface area contributed by atoms with Gasteiger partial charge in [-0.3, -0.25) is 10.1 Å². The van der Waals surface area contributed by atoms with Gasteiger partial charge in [-0.25, -0.2) is 0 Å². The lowest BCUT2D eigenvalue weighted by Crippen LogP contribution is -2.05. The fourth-order valence-corrected chi connectivity index (χ4v) is 1.31. The number of hydrogen-bond donors (Lipinski definition) is 1. The Morgan fingerprint density at radius 3 is 2.73 bits per heavy atom. The molecule has 4 nitrogen and oxygen atoms in total. The van der Waals surface area contributed by atoms with Crippen LogP contribution in [0.4, 0.5) is 15.8 Å². The van der Waals surface area contributed by atoms with Crippen LogP contribution in [-0.4, -0.2) is 11.5 Å². The molecule has 0 spiro atoms. The molecule has 0 aliphatic carbocycles. The maximum Gasteiger partial charge on any atom is 0.327 e. The van der Waals surface area contributed by atoms with Crippen LogP contribution in [0, 0.1) is 22.9 Å². The summed E-state index contributed by atoms with van der Waals surface area (Å²) in [4.78, 5) is 9.94. The summed E-state index contributed by atoms with van der Waals surface area (Å²) in [5.74, 6) is -0.793. The molecule has 82 valence electrons. The second-order valence-electron chi connectivity index (χ2n) is 3.33. The van der Waals surface area contributed by atoms with Gasteiger partial charge in [-0.15, -0.1) is 0 Å². The maximum absolute atomic E-state index is 13.3. The van der Waals surface area contributed by atoms with Crippen LogP contribution in [0.15, 0.2) is 12.1 Å². The van der Waals surface area contributed by atoms with Gasteiger partial charge < -0.3 is 5.32 Å². The average molecular weight is 212 g/mol. The molecule has 15 heavy (non-hydrogen) atoms. The van der Waals surface area contributed by atoms with Gasteiger partial charge in [0, 0.05) is 6.54 Å². The highest BCUT2D eigenvalue weighted by atomic mass is 19.1. The number of rotatable bonds is 4. The molecule has 0 aliphatic heterocycles. The number of aryl methyl sites for hydroxylation is 1. The zero-order valence-electron chi connectivity index (χ0n) is 8.71. The summed E-state index contributed by atoms with van der Waals surface area (Å²) in [5, 5.41) is 13.5. The van der Waals surface area contributed by atoms with Crippen molar-refractivity contribution in [2.24, 2.45) is 0 Å². The summed E-state index contributed by atoms with van der Waals surface area (Å²) in [5.41, 5.74) is 0.435. The minimum atomic E-state index is -0.793. The smallest absolute Gasteiger partial charge is 0.327 e. The Morgan fingerprint density at radius 1 is 1.53 bits per heavy atom. The van der Waals surface area contributed by atoms with Gasteiger partial charge in [-0.05, 0) is 31.0 Å². The van der Waals surface area contributed by atoms with Crippen molar-refractivity contribution in [2.75, 3.05) is 11.9 Å². The van der Waals surface area contributed by atoms with E-state index >= 15 is 0 Å². The average Bonchev–Trinajstić information content (AvgIpc) is 2.12. The summed E-state index contributed by atoms with van der Waals surface area (Å²) in [7, 11) is 0. The number of nitro groups is 1. The number of halogens is 1. The summed E-state index contributed by atoms with van der Waals surface area (Å²) in [6.45, 7) is 4.22. The van der Waals surface area contributed by atoms with Crippen molar-refractivity contribution < 1.29 is 9.31 Å². The summed E-state index contributed by atoms with van der Waals surface area (Å²) < 4.78 is 13.3. The summed E-state index contributed by atoms with van der Waals surface area (Å²) in [6.07, 6.45) is 0.826. The van der Waals surface area contributed by atoms with Crippen LogP contribution in [0.5, 0.6) is 0 Å². The lowest BCUT2D eigenvalue weighted by atomic mass is 10.2. The molecule has 0 heterocycles. The minimum absolute atomic E-state index is 0.249. The third-order valence-corrected chi connectivity index (χ3v) is 1.96. The fourth-order valence-electron chi connectivity index (χ4n) is 1.31. The highest BCUT2D eigenvalue weighted by molar-refractivity contribution is 5.63. The lowest BCUT2D eigenvalue weighted by molar-refractivity contribution is -0.386. The minimum Gasteiger partial charge on any atom is -0.379 e. The molecule has 0 fully saturated rings. The fraction of sp³-hybridized carbons (Fsp3) is 0.400. The van der Waals surface area contributed by atoms with E-state index in [1.165, 1.54) is 0 Å². The van der Waals surface area contributed by atoms with Gasteiger partial charge in [0.25, 0.3) is 0 Å². The maximum atomic E-state index is 13.3. The first kappa shape index (κ1) is 11.4. The van der Waals surface area contributed by atoms with Crippen LogP contribution >= 0.6 is 0 Å². The van der Waals surface area contributed by atoms with Crippen molar-refractivity contribution in [3.63, 3.8) is 0 Å². The van der Waals surface area contributed by atoms with E-state index in [1.807, 2.05) is 6.92 Å². The summed E-state index contributed by atoms with van der Waals surface area (Å²) >= 11 is 0. The third kappa shape index (κ3) is 2.65. The van der Waals surface area contributed by atoms with Crippen molar-refractivity contribution in [3.8, 4) is 0 Å². The molecule has 0 saturated heterocycles. The van der Waals surface area contributed by atoms with E-state index in [0.29, 0.717) is 12.1 Å². The number of benzene rings is 1. The van der Waals surface area contributed by atoms with E-state index in [0.717, 1.165) is 12.5 Å². The molecule has 0 aliphatic rings. The molecule has 0 atom stereocenters. The highest BCUT2D eigenvalue weighted by Crippen LogP contribution is 2.28. The van der Waals surface area contributed by atoms with E-state index in [9.17, 15) is 14.5 Å². The molecule has 5 heteroatoms. The molecule has 0 radical (unpaired) electrons. The van der Waals surface area contributed by atoms with E-state index in [-0.39, 0.29) is 5.69 Å². The normalized spacial score (nSPS) is 10.1. The quantitative estimate of drug-likeness (QED) is 0.616. The topological polar surface area (TPSA) is 55.2 Å². The first-order chi connectivity index (χ1) is 7.06. The summed E-state index contributed by atoms with van der Waals surface area (Å²) in [6, 6.07) is 2.74. The van der Waals surface area contributed by atoms with Crippen LogP contribution in [0.2, 0.25) is 0 Å². The van der Waals surface area contributed by atoms with Gasteiger partial charge in [0.05, 0.1) is 4.92 Å². The monoisotopic (exact) mass is 212 g/mol. The van der Waals surface area contributed by atoms with Gasteiger partial charge in [-0.2, -0.15) is 4.39 Å². The highest BCUT2D eigenvalue weighted by Gasteiger charge is 2.20. The van der Waals surface area contributed by atoms with Crippen molar-refractivity contribution in [1.29, 1.82) is 0 Å². The predicted molar refractivity (Wildman–Crippen MR) is 56.6 cm³/mol. The SMILES string of the molecule is CCCNc1cc(C)cc(F)c1[N+](=O)[O-]. The Hall–Kier alpha value is -1.65. The van der Waals surface area contributed by atoms with E-state index in [2.05, 4.69) is 5.32 Å². The molecule has 0 amide bonds. The Kier molecular flexibility index (Phi) is 3.60. The van der Waals surface area contributed by atoms with Gasteiger partial charge in [-0.1, -0.05) is 6.92 Å². The molecule has 1 aromatic carbocycles. The molecular formula is C10H13FN2O2. The molecule has 0 bridgehead atoms. The van der Waals surface area contributed by atoms with Gasteiger partial charge in [0.2, 0.25) is 5.82 Å². The van der Waals surface area contributed by atoms with Crippen molar-refractivity contribution in [2.45, 2.75) is 20.3 Å². The number of anilines is 1. The largest absolute Gasteiger partial charge is 0.379 e. The van der Waals surface area contributed by atoms with Gasteiger partial charge >= 0.3 is 5.69 Å². The molecule has 1 aromatic rings. The zero-order chi connectivity index (χ0) is 11.4.